The van der Waals surface area contributed by atoms with Crippen LogP contribution in [0.25, 0.3) is 11.4 Å². The molecule has 1 aliphatic rings. The highest BCUT2D eigenvalue weighted by atomic mass is 35.5. The molecule has 7 nitrogen and oxygen atoms in total. The monoisotopic (exact) mass is 598 g/mol. The van der Waals surface area contributed by atoms with Gasteiger partial charge in [-0.15, -0.1) is 17.5 Å². The van der Waals surface area contributed by atoms with Crippen LogP contribution in [0, 0.1) is 0 Å². The number of amides is 1. The van der Waals surface area contributed by atoms with E-state index in [1.165, 1.54) is 5.56 Å². The lowest BCUT2D eigenvalue weighted by Gasteiger charge is -2.43. The van der Waals surface area contributed by atoms with Crippen LogP contribution in [0.15, 0.2) is 78.9 Å². The minimum Gasteiger partial charge on any atom is -0.347 e. The number of rotatable bonds is 9. The third-order valence-electron chi connectivity index (χ3n) is 7.62. The van der Waals surface area contributed by atoms with Gasteiger partial charge in [0.05, 0.1) is 22.1 Å². The summed E-state index contributed by atoms with van der Waals surface area (Å²) in [7, 11) is 0. The molecule has 1 atom stereocenters. The first-order valence-electron chi connectivity index (χ1n) is 13.3. The van der Waals surface area contributed by atoms with Gasteiger partial charge in [-0.1, -0.05) is 89.9 Å². The Morgan fingerprint density at radius 3 is 2.30 bits per heavy atom. The maximum Gasteiger partial charge on any atom is 0.217 e. The van der Waals surface area contributed by atoms with Crippen molar-refractivity contribution >= 4 is 41.5 Å². The number of likely N-dealkylation sites (tertiary alicyclic amines) is 1. The summed E-state index contributed by atoms with van der Waals surface area (Å²) < 4.78 is 1.87. The van der Waals surface area contributed by atoms with Crippen molar-refractivity contribution in [3.8, 4) is 11.4 Å². The number of nitrogens with zero attached hydrogens (tertiary/aromatic N) is 5. The van der Waals surface area contributed by atoms with E-state index < -0.39 is 0 Å². The molecule has 210 valence electrons. The molecular formula is C30H33Cl3N6O. The first kappa shape index (κ1) is 30.0. The van der Waals surface area contributed by atoms with Gasteiger partial charge in [0.15, 0.2) is 5.82 Å². The van der Waals surface area contributed by atoms with Gasteiger partial charge in [-0.2, -0.15) is 0 Å². The minimum absolute atomic E-state index is 0. The quantitative estimate of drug-likeness (QED) is 0.242. The van der Waals surface area contributed by atoms with Gasteiger partial charge in [-0.3, -0.25) is 4.79 Å². The fourth-order valence-electron chi connectivity index (χ4n) is 5.54. The number of tetrazole rings is 1. The van der Waals surface area contributed by atoms with E-state index in [1.54, 1.807) is 6.92 Å². The number of carbonyl (C=O) groups excluding carboxylic acids is 1. The number of benzene rings is 3. The number of hydrogen-bond acceptors (Lipinski definition) is 5. The predicted octanol–water partition coefficient (Wildman–Crippen LogP) is 6.37. The van der Waals surface area contributed by atoms with Crippen molar-refractivity contribution in [1.29, 1.82) is 0 Å². The summed E-state index contributed by atoms with van der Waals surface area (Å²) in [5, 5.41) is 16.9. The Bertz CT molecular complexity index is 1390. The Labute approximate surface area is 251 Å². The van der Waals surface area contributed by atoms with E-state index in [4.69, 9.17) is 23.2 Å². The van der Waals surface area contributed by atoms with E-state index in [2.05, 4.69) is 37.9 Å². The zero-order chi connectivity index (χ0) is 27.2. The topological polar surface area (TPSA) is 75.9 Å². The second-order valence-corrected chi connectivity index (χ2v) is 11.0. The van der Waals surface area contributed by atoms with Gasteiger partial charge in [0.25, 0.3) is 0 Å². The van der Waals surface area contributed by atoms with Crippen LogP contribution in [0.3, 0.4) is 0 Å². The fourth-order valence-corrected chi connectivity index (χ4v) is 5.84. The third-order valence-corrected chi connectivity index (χ3v) is 8.36. The first-order valence-corrected chi connectivity index (χ1v) is 14.0. The number of carbonyl (C=O) groups is 1. The van der Waals surface area contributed by atoms with Crippen LogP contribution in [0.5, 0.6) is 0 Å². The molecule has 0 saturated carbocycles. The molecule has 10 heteroatoms. The number of piperidine rings is 1. The molecule has 2 heterocycles. The zero-order valence-corrected chi connectivity index (χ0v) is 24.7. The van der Waals surface area contributed by atoms with E-state index in [0.29, 0.717) is 16.6 Å². The Kier molecular flexibility index (Phi) is 10.2. The van der Waals surface area contributed by atoms with E-state index in [-0.39, 0.29) is 29.8 Å². The van der Waals surface area contributed by atoms with Crippen LogP contribution in [0.4, 0.5) is 0 Å². The Hall–Kier alpha value is -2.97. The highest BCUT2D eigenvalue weighted by molar-refractivity contribution is 6.42. The normalized spacial score (nSPS) is 15.7. The van der Waals surface area contributed by atoms with E-state index >= 15 is 0 Å². The maximum atomic E-state index is 12.1. The fraction of sp³-hybridized carbons (Fsp3) is 0.333. The van der Waals surface area contributed by atoms with Crippen molar-refractivity contribution < 1.29 is 4.79 Å². The third kappa shape index (κ3) is 7.02. The minimum atomic E-state index is -0.330. The molecule has 0 aliphatic carbocycles. The summed E-state index contributed by atoms with van der Waals surface area (Å²) in [5.74, 6) is 0.867. The summed E-state index contributed by atoms with van der Waals surface area (Å²) >= 11 is 12.7. The lowest BCUT2D eigenvalue weighted by Crippen LogP contribution is -2.52. The average Bonchev–Trinajstić information content (AvgIpc) is 3.42. The highest BCUT2D eigenvalue weighted by Gasteiger charge is 2.37. The molecule has 1 saturated heterocycles. The van der Waals surface area contributed by atoms with Gasteiger partial charge in [0, 0.05) is 31.5 Å². The molecule has 0 unspecified atom stereocenters. The van der Waals surface area contributed by atoms with Crippen LogP contribution in [-0.2, 0) is 16.9 Å². The second kappa shape index (κ2) is 13.6. The maximum absolute atomic E-state index is 12.1. The lowest BCUT2D eigenvalue weighted by molar-refractivity contribution is -0.121. The SMILES string of the molecule is CC(=O)NC1(c2ccccc2)CCN(CC[C@H](Cn2nnnc2-c2ccccc2)c2ccc(Cl)c(Cl)c2)CC1.Cl. The number of aromatic nitrogens is 4. The van der Waals surface area contributed by atoms with Gasteiger partial charge < -0.3 is 10.2 Å². The van der Waals surface area contributed by atoms with Crippen molar-refractivity contribution in [2.24, 2.45) is 0 Å². The van der Waals surface area contributed by atoms with Crippen LogP contribution < -0.4 is 5.32 Å². The molecule has 1 amide bonds. The van der Waals surface area contributed by atoms with Gasteiger partial charge >= 0.3 is 0 Å². The molecule has 0 radical (unpaired) electrons. The molecular weight excluding hydrogens is 567 g/mol. The Balaban J connectivity index is 0.00000370. The first-order chi connectivity index (χ1) is 18.9. The van der Waals surface area contributed by atoms with Crippen molar-refractivity contribution in [3.63, 3.8) is 0 Å². The number of nitrogens with one attached hydrogen (secondary N) is 1. The van der Waals surface area contributed by atoms with Crippen molar-refractivity contribution in [2.75, 3.05) is 19.6 Å². The Morgan fingerprint density at radius 2 is 1.65 bits per heavy atom. The molecule has 1 N–H and O–H groups in total. The molecule has 1 fully saturated rings. The second-order valence-electron chi connectivity index (χ2n) is 10.2. The van der Waals surface area contributed by atoms with Crippen molar-refractivity contribution in [2.45, 2.75) is 44.2 Å². The van der Waals surface area contributed by atoms with Crippen LogP contribution in [-0.4, -0.2) is 50.6 Å². The summed E-state index contributed by atoms with van der Waals surface area (Å²) in [6, 6.07) is 26.1. The van der Waals surface area contributed by atoms with Crippen LogP contribution >= 0.6 is 35.6 Å². The molecule has 40 heavy (non-hydrogen) atoms. The highest BCUT2D eigenvalue weighted by Crippen LogP contribution is 2.34. The van der Waals surface area contributed by atoms with E-state index in [1.807, 2.05) is 71.4 Å². The van der Waals surface area contributed by atoms with Gasteiger partial charge in [-0.05, 0) is 59.5 Å². The van der Waals surface area contributed by atoms with E-state index in [9.17, 15) is 4.79 Å². The number of hydrogen-bond donors (Lipinski definition) is 1. The summed E-state index contributed by atoms with van der Waals surface area (Å²) in [4.78, 5) is 14.6. The largest absolute Gasteiger partial charge is 0.347 e. The smallest absolute Gasteiger partial charge is 0.217 e. The Morgan fingerprint density at radius 1 is 0.975 bits per heavy atom. The molecule has 1 aromatic heterocycles. The van der Waals surface area contributed by atoms with Crippen LogP contribution in [0.1, 0.15) is 43.2 Å². The van der Waals surface area contributed by atoms with Gasteiger partial charge in [0.1, 0.15) is 0 Å². The molecule has 0 bridgehead atoms. The summed E-state index contributed by atoms with van der Waals surface area (Å²) in [6.07, 6.45) is 2.61. The predicted molar refractivity (Wildman–Crippen MR) is 162 cm³/mol. The zero-order valence-electron chi connectivity index (χ0n) is 22.3. The van der Waals surface area contributed by atoms with Crippen molar-refractivity contribution in [1.82, 2.24) is 30.4 Å². The molecule has 0 spiro atoms. The average molecular weight is 600 g/mol. The molecule has 3 aromatic carbocycles. The van der Waals surface area contributed by atoms with Gasteiger partial charge in [-0.25, -0.2) is 4.68 Å². The number of halogens is 3. The summed E-state index contributed by atoms with van der Waals surface area (Å²) in [5.41, 5.74) is 2.92. The lowest BCUT2D eigenvalue weighted by atomic mass is 9.80. The van der Waals surface area contributed by atoms with E-state index in [0.717, 1.165) is 55.8 Å². The van der Waals surface area contributed by atoms with Crippen LogP contribution in [0.2, 0.25) is 10.0 Å². The van der Waals surface area contributed by atoms with Gasteiger partial charge in [0.2, 0.25) is 5.91 Å². The summed E-state index contributed by atoms with van der Waals surface area (Å²) in [6.45, 7) is 4.90. The molecule has 4 aromatic rings. The molecule has 5 rings (SSSR count). The van der Waals surface area contributed by atoms with Crippen molar-refractivity contribution in [3.05, 3.63) is 100 Å². The standard InChI is InChI=1S/C30H32Cl2N6O.ClH/c1-22(39)33-30(26-10-6-3-7-11-26)15-18-37(19-16-30)17-14-25(24-12-13-27(31)28(32)20-24)21-38-29(34-35-36-38)23-8-4-2-5-9-23;/h2-13,20,25H,14-19,21H2,1H3,(H,33,39);1H/t25-;/m1./s1. The molecule has 1 aliphatic heterocycles.